The smallest absolute Gasteiger partial charge is 0.341 e. The van der Waals surface area contributed by atoms with E-state index in [9.17, 15) is 9.59 Å². The first-order valence-corrected chi connectivity index (χ1v) is 14.3. The molecule has 1 aliphatic carbocycles. The van der Waals surface area contributed by atoms with Gasteiger partial charge in [0.2, 0.25) is 5.91 Å². The van der Waals surface area contributed by atoms with Crippen molar-refractivity contribution in [2.45, 2.75) is 64.5 Å². The average Bonchev–Trinajstić information content (AvgIpc) is 3.41. The largest absolute Gasteiger partial charge is 0.462 e. The van der Waals surface area contributed by atoms with Gasteiger partial charge in [-0.25, -0.2) is 4.79 Å². The van der Waals surface area contributed by atoms with Gasteiger partial charge in [0.25, 0.3) is 0 Å². The number of thiophene rings is 2. The first-order chi connectivity index (χ1) is 16.4. The van der Waals surface area contributed by atoms with Crippen LogP contribution in [0.5, 0.6) is 0 Å². The summed E-state index contributed by atoms with van der Waals surface area (Å²) < 4.78 is 7.26. The lowest BCUT2D eigenvalue weighted by Gasteiger charge is -2.08. The lowest BCUT2D eigenvalue weighted by Crippen LogP contribution is -2.17. The van der Waals surface area contributed by atoms with Gasteiger partial charge in [0.05, 0.1) is 17.9 Å². The van der Waals surface area contributed by atoms with Crippen LogP contribution >= 0.6 is 34.4 Å². The molecule has 3 aromatic rings. The Morgan fingerprint density at radius 3 is 2.76 bits per heavy atom. The van der Waals surface area contributed by atoms with Crippen molar-refractivity contribution in [3.8, 4) is 11.4 Å². The fourth-order valence-electron chi connectivity index (χ4n) is 4.32. The summed E-state index contributed by atoms with van der Waals surface area (Å²) in [6.45, 7) is 6.38. The number of thioether (sulfide) groups is 1. The molecule has 3 heterocycles. The average molecular weight is 519 g/mol. The molecule has 0 aromatic carbocycles. The van der Waals surface area contributed by atoms with Crippen molar-refractivity contribution < 1.29 is 14.3 Å². The molecule has 182 valence electrons. The number of esters is 1. The summed E-state index contributed by atoms with van der Waals surface area (Å²) >= 11 is 4.58. The number of carbonyl (C=O) groups is 2. The van der Waals surface area contributed by atoms with Crippen molar-refractivity contribution in [1.29, 1.82) is 0 Å². The number of rotatable bonds is 8. The van der Waals surface area contributed by atoms with Crippen LogP contribution in [-0.2, 0) is 35.8 Å². The quantitative estimate of drug-likeness (QED) is 0.236. The Kier molecular flexibility index (Phi) is 8.10. The van der Waals surface area contributed by atoms with Crippen molar-refractivity contribution in [1.82, 2.24) is 14.8 Å². The number of aryl methyl sites for hydroxylation is 2. The summed E-state index contributed by atoms with van der Waals surface area (Å²) in [6, 6.07) is 0. The summed E-state index contributed by atoms with van der Waals surface area (Å²) in [5, 5.41) is 15.1. The van der Waals surface area contributed by atoms with Gasteiger partial charge in [-0.2, -0.15) is 0 Å². The topological polar surface area (TPSA) is 86.1 Å². The van der Waals surface area contributed by atoms with Crippen LogP contribution in [0, 0.1) is 6.92 Å². The number of hydrogen-bond acceptors (Lipinski definition) is 8. The van der Waals surface area contributed by atoms with E-state index in [4.69, 9.17) is 4.74 Å². The fourth-order valence-corrected chi connectivity index (χ4v) is 7.27. The molecule has 7 nitrogen and oxygen atoms in total. The predicted molar refractivity (Wildman–Crippen MR) is 139 cm³/mol. The van der Waals surface area contributed by atoms with Crippen molar-refractivity contribution in [2.24, 2.45) is 7.05 Å². The summed E-state index contributed by atoms with van der Waals surface area (Å²) in [7, 11) is 1.93. The van der Waals surface area contributed by atoms with Crippen LogP contribution in [0.1, 0.15) is 64.3 Å². The van der Waals surface area contributed by atoms with Gasteiger partial charge in [0, 0.05) is 27.7 Å². The molecule has 0 spiro atoms. The molecular formula is C24H30N4O3S3. The van der Waals surface area contributed by atoms with Crippen LogP contribution in [0.3, 0.4) is 0 Å². The summed E-state index contributed by atoms with van der Waals surface area (Å²) in [5.41, 5.74) is 4.00. The predicted octanol–water partition coefficient (Wildman–Crippen LogP) is 5.65. The Morgan fingerprint density at radius 2 is 2.00 bits per heavy atom. The zero-order valence-corrected chi connectivity index (χ0v) is 22.5. The van der Waals surface area contributed by atoms with E-state index >= 15 is 0 Å². The van der Waals surface area contributed by atoms with E-state index in [1.165, 1.54) is 38.4 Å². The van der Waals surface area contributed by atoms with Crippen LogP contribution in [-0.4, -0.2) is 39.0 Å². The maximum atomic E-state index is 12.9. The van der Waals surface area contributed by atoms with Crippen molar-refractivity contribution in [2.75, 3.05) is 17.7 Å². The highest BCUT2D eigenvalue weighted by Crippen LogP contribution is 2.38. The van der Waals surface area contributed by atoms with E-state index < -0.39 is 0 Å². The second-order valence-corrected chi connectivity index (χ2v) is 11.4. The number of hydrogen-bond donors (Lipinski definition) is 1. The summed E-state index contributed by atoms with van der Waals surface area (Å²) in [4.78, 5) is 28.1. The van der Waals surface area contributed by atoms with E-state index in [1.807, 2.05) is 11.6 Å². The number of fused-ring (bicyclic) bond motifs is 1. The number of anilines is 1. The van der Waals surface area contributed by atoms with E-state index in [-0.39, 0.29) is 17.6 Å². The second kappa shape index (κ2) is 11.0. The van der Waals surface area contributed by atoms with Crippen LogP contribution in [0.15, 0.2) is 10.5 Å². The summed E-state index contributed by atoms with van der Waals surface area (Å²) in [5.74, 6) is 0.480. The van der Waals surface area contributed by atoms with Crippen LogP contribution in [0.4, 0.5) is 5.00 Å². The van der Waals surface area contributed by atoms with Crippen LogP contribution < -0.4 is 5.32 Å². The Bertz CT molecular complexity index is 1190. The highest BCUT2D eigenvalue weighted by molar-refractivity contribution is 7.99. The van der Waals surface area contributed by atoms with E-state index in [1.54, 1.807) is 18.3 Å². The van der Waals surface area contributed by atoms with Gasteiger partial charge >= 0.3 is 5.97 Å². The highest BCUT2D eigenvalue weighted by Gasteiger charge is 2.27. The standard InChI is InChI=1S/C24H30N4O3S3/c1-5-15-14(3)32-12-17(15)21-26-27-24(28(21)4)33-13-19(29)25-22-20(23(30)31-6-2)16-10-8-7-9-11-18(16)34-22/h12H,5-11,13H2,1-4H3,(H,25,29). The normalized spacial score (nSPS) is 13.4. The number of nitrogens with zero attached hydrogens (tertiary/aromatic N) is 3. The van der Waals surface area contributed by atoms with Gasteiger partial charge in [-0.05, 0) is 57.1 Å². The molecule has 1 N–H and O–H groups in total. The van der Waals surface area contributed by atoms with Crippen molar-refractivity contribution >= 4 is 51.3 Å². The van der Waals surface area contributed by atoms with Crippen LogP contribution in [0.2, 0.25) is 0 Å². The minimum Gasteiger partial charge on any atom is -0.462 e. The molecule has 0 atom stereocenters. The molecule has 0 saturated carbocycles. The molecular weight excluding hydrogens is 488 g/mol. The van der Waals surface area contributed by atoms with Crippen molar-refractivity contribution in [3.63, 3.8) is 0 Å². The van der Waals surface area contributed by atoms with E-state index in [2.05, 4.69) is 34.7 Å². The number of nitrogens with one attached hydrogen (secondary N) is 1. The Hall–Kier alpha value is -2.17. The van der Waals surface area contributed by atoms with Gasteiger partial charge in [0.15, 0.2) is 11.0 Å². The monoisotopic (exact) mass is 518 g/mol. The number of amides is 1. The number of aromatic nitrogens is 3. The first kappa shape index (κ1) is 24.9. The molecule has 34 heavy (non-hydrogen) atoms. The van der Waals surface area contributed by atoms with Gasteiger partial charge in [-0.3, -0.25) is 4.79 Å². The van der Waals surface area contributed by atoms with Gasteiger partial charge in [-0.1, -0.05) is 25.1 Å². The Labute approximate surface area is 212 Å². The molecule has 1 aliphatic rings. The molecule has 0 unspecified atom stereocenters. The van der Waals surface area contributed by atoms with Gasteiger partial charge in [-0.15, -0.1) is 32.9 Å². The second-order valence-electron chi connectivity index (χ2n) is 8.23. The molecule has 1 amide bonds. The van der Waals surface area contributed by atoms with Crippen molar-refractivity contribution in [3.05, 3.63) is 31.8 Å². The van der Waals surface area contributed by atoms with Gasteiger partial charge < -0.3 is 14.6 Å². The molecule has 10 heteroatoms. The minimum absolute atomic E-state index is 0.169. The van der Waals surface area contributed by atoms with Gasteiger partial charge in [0.1, 0.15) is 5.00 Å². The zero-order valence-electron chi connectivity index (χ0n) is 20.0. The van der Waals surface area contributed by atoms with E-state index in [0.29, 0.717) is 22.3 Å². The number of ether oxygens (including phenoxy) is 1. The SMILES string of the molecule is CCOC(=O)c1c(NC(=O)CSc2nnc(-c3csc(C)c3CC)n2C)sc2c1CCCCC2. The third kappa shape index (κ3) is 5.08. The molecule has 0 bridgehead atoms. The minimum atomic E-state index is -0.347. The Morgan fingerprint density at radius 1 is 1.21 bits per heavy atom. The third-order valence-electron chi connectivity index (χ3n) is 6.02. The maximum absolute atomic E-state index is 12.9. The lowest BCUT2D eigenvalue weighted by molar-refractivity contribution is -0.113. The highest BCUT2D eigenvalue weighted by atomic mass is 32.2. The van der Waals surface area contributed by atoms with Crippen LogP contribution in [0.25, 0.3) is 11.4 Å². The third-order valence-corrected chi connectivity index (χ3v) is 9.20. The molecule has 0 saturated heterocycles. The Balaban J connectivity index is 1.48. The molecule has 0 aliphatic heterocycles. The van der Waals surface area contributed by atoms with E-state index in [0.717, 1.165) is 55.5 Å². The summed E-state index contributed by atoms with van der Waals surface area (Å²) in [6.07, 6.45) is 6.06. The fraction of sp³-hybridized carbons (Fsp3) is 0.500. The molecule has 0 radical (unpaired) electrons. The molecule has 0 fully saturated rings. The molecule has 3 aromatic heterocycles. The molecule has 4 rings (SSSR count). The number of carbonyl (C=O) groups excluding carboxylic acids is 2. The maximum Gasteiger partial charge on any atom is 0.341 e. The zero-order chi connectivity index (χ0) is 24.2. The first-order valence-electron chi connectivity index (χ1n) is 11.7. The lowest BCUT2D eigenvalue weighted by atomic mass is 10.1.